The predicted molar refractivity (Wildman–Crippen MR) is 73.5 cm³/mol. The lowest BCUT2D eigenvalue weighted by atomic mass is 9.74. The zero-order valence-corrected chi connectivity index (χ0v) is 11.9. The van der Waals surface area contributed by atoms with Crippen molar-refractivity contribution in [3.63, 3.8) is 0 Å². The van der Waals surface area contributed by atoms with E-state index in [1.54, 1.807) is 5.57 Å². The second kappa shape index (κ2) is 6.47. The summed E-state index contributed by atoms with van der Waals surface area (Å²) >= 11 is 0. The van der Waals surface area contributed by atoms with Gasteiger partial charge in [-0.25, -0.2) is 0 Å². The topological polar surface area (TPSA) is 0 Å². The van der Waals surface area contributed by atoms with E-state index >= 15 is 0 Å². The smallest absolute Gasteiger partial charge is 0.0228 e. The largest absolute Gasteiger partial charge is 0.0825 e. The minimum atomic E-state index is 0.808. The molecule has 1 aliphatic carbocycles. The first kappa shape index (κ1) is 13.8. The minimum Gasteiger partial charge on any atom is -0.0825 e. The monoisotopic (exact) mass is 222 g/mol. The molecule has 0 aromatic heterocycles. The molecule has 0 aromatic rings. The van der Waals surface area contributed by atoms with E-state index in [9.17, 15) is 0 Å². The molecule has 0 saturated heterocycles. The Morgan fingerprint density at radius 1 is 1.25 bits per heavy atom. The predicted octanol–water partition coefficient (Wildman–Crippen LogP) is 5.44. The molecule has 0 radical (unpaired) electrons. The van der Waals surface area contributed by atoms with Gasteiger partial charge in [0.1, 0.15) is 0 Å². The molecular formula is C16H30. The Labute approximate surface area is 103 Å². The van der Waals surface area contributed by atoms with Crippen LogP contribution in [0.15, 0.2) is 11.6 Å². The molecule has 1 rings (SSSR count). The van der Waals surface area contributed by atoms with Crippen LogP contribution in [0.5, 0.6) is 0 Å². The average Bonchev–Trinajstić information content (AvgIpc) is 2.16. The molecule has 16 heavy (non-hydrogen) atoms. The number of rotatable bonds is 5. The molecule has 0 heteroatoms. The lowest BCUT2D eigenvalue weighted by Gasteiger charge is -2.32. The molecule has 3 atom stereocenters. The Morgan fingerprint density at radius 3 is 2.50 bits per heavy atom. The number of hydrogen-bond acceptors (Lipinski definition) is 0. The Balaban J connectivity index is 2.34. The van der Waals surface area contributed by atoms with Gasteiger partial charge in [0.05, 0.1) is 0 Å². The van der Waals surface area contributed by atoms with E-state index in [-0.39, 0.29) is 0 Å². The Kier molecular flexibility index (Phi) is 5.58. The van der Waals surface area contributed by atoms with Crippen LogP contribution in [-0.2, 0) is 0 Å². The molecular weight excluding hydrogens is 192 g/mol. The van der Waals surface area contributed by atoms with E-state index in [0.717, 1.165) is 23.7 Å². The van der Waals surface area contributed by atoms with Gasteiger partial charge in [-0.15, -0.1) is 0 Å². The first-order chi connectivity index (χ1) is 7.50. The summed E-state index contributed by atoms with van der Waals surface area (Å²) in [5.41, 5.74) is 1.61. The van der Waals surface area contributed by atoms with Gasteiger partial charge in [0.2, 0.25) is 0 Å². The van der Waals surface area contributed by atoms with Crippen molar-refractivity contribution < 1.29 is 0 Å². The molecule has 0 N–H and O–H groups in total. The van der Waals surface area contributed by atoms with Gasteiger partial charge in [0, 0.05) is 0 Å². The lowest BCUT2D eigenvalue weighted by Crippen LogP contribution is -2.22. The minimum absolute atomic E-state index is 0.808. The number of allylic oxidation sites excluding steroid dienone is 2. The van der Waals surface area contributed by atoms with Crippen LogP contribution in [0.25, 0.3) is 0 Å². The van der Waals surface area contributed by atoms with Gasteiger partial charge in [-0.05, 0) is 43.4 Å². The lowest BCUT2D eigenvalue weighted by molar-refractivity contribution is 0.242. The SMILES string of the molecule is CC1=CC(C)C(C(C)CCCC(C)C)CC1. The first-order valence-corrected chi connectivity index (χ1v) is 7.18. The van der Waals surface area contributed by atoms with Gasteiger partial charge in [0.15, 0.2) is 0 Å². The molecule has 0 amide bonds. The summed E-state index contributed by atoms with van der Waals surface area (Å²) in [4.78, 5) is 0. The van der Waals surface area contributed by atoms with Crippen molar-refractivity contribution in [1.29, 1.82) is 0 Å². The molecule has 0 heterocycles. The Bertz CT molecular complexity index is 224. The normalized spacial score (nSPS) is 28.0. The maximum Gasteiger partial charge on any atom is -0.0228 e. The highest BCUT2D eigenvalue weighted by Crippen LogP contribution is 2.35. The summed E-state index contributed by atoms with van der Waals surface area (Å²) in [5, 5.41) is 0. The zero-order chi connectivity index (χ0) is 12.1. The molecule has 0 bridgehead atoms. The fraction of sp³-hybridized carbons (Fsp3) is 0.875. The van der Waals surface area contributed by atoms with Crippen LogP contribution in [0.3, 0.4) is 0 Å². The Morgan fingerprint density at radius 2 is 1.94 bits per heavy atom. The fourth-order valence-electron chi connectivity index (χ4n) is 3.18. The van der Waals surface area contributed by atoms with Crippen molar-refractivity contribution in [1.82, 2.24) is 0 Å². The van der Waals surface area contributed by atoms with E-state index in [0.29, 0.717) is 0 Å². The molecule has 0 fully saturated rings. The summed E-state index contributed by atoms with van der Waals surface area (Å²) in [6.07, 6.45) is 9.52. The van der Waals surface area contributed by atoms with Gasteiger partial charge in [-0.1, -0.05) is 58.6 Å². The van der Waals surface area contributed by atoms with E-state index in [1.807, 2.05) is 0 Å². The third-order valence-electron chi connectivity index (χ3n) is 4.27. The highest BCUT2D eigenvalue weighted by molar-refractivity contribution is 5.06. The van der Waals surface area contributed by atoms with Crippen molar-refractivity contribution in [3.05, 3.63) is 11.6 Å². The van der Waals surface area contributed by atoms with Gasteiger partial charge in [-0.2, -0.15) is 0 Å². The van der Waals surface area contributed by atoms with Crippen LogP contribution in [0.4, 0.5) is 0 Å². The van der Waals surface area contributed by atoms with E-state index in [4.69, 9.17) is 0 Å². The van der Waals surface area contributed by atoms with Gasteiger partial charge < -0.3 is 0 Å². The van der Waals surface area contributed by atoms with Crippen LogP contribution in [0.1, 0.15) is 66.7 Å². The molecule has 0 nitrogen and oxygen atoms in total. The molecule has 0 aromatic carbocycles. The third kappa shape index (κ3) is 4.31. The summed E-state index contributed by atoms with van der Waals surface area (Å²) in [5.74, 6) is 3.54. The second-order valence-electron chi connectivity index (χ2n) is 6.38. The maximum absolute atomic E-state index is 2.51. The average molecular weight is 222 g/mol. The molecule has 1 aliphatic rings. The first-order valence-electron chi connectivity index (χ1n) is 7.18. The van der Waals surface area contributed by atoms with E-state index in [1.165, 1.54) is 32.1 Å². The quantitative estimate of drug-likeness (QED) is 0.543. The van der Waals surface area contributed by atoms with Crippen molar-refractivity contribution in [2.45, 2.75) is 66.7 Å². The molecule has 0 spiro atoms. The third-order valence-corrected chi connectivity index (χ3v) is 4.27. The summed E-state index contributed by atoms with van der Waals surface area (Å²) < 4.78 is 0. The molecule has 0 aliphatic heterocycles. The summed E-state index contributed by atoms with van der Waals surface area (Å²) in [6, 6.07) is 0. The van der Waals surface area contributed by atoms with Crippen molar-refractivity contribution in [2.75, 3.05) is 0 Å². The number of hydrogen-bond donors (Lipinski definition) is 0. The standard InChI is InChI=1S/C16H30/c1-12(2)7-6-8-14(4)16-10-9-13(3)11-15(16)5/h11-12,14-16H,6-10H2,1-5H3. The van der Waals surface area contributed by atoms with Crippen LogP contribution < -0.4 is 0 Å². The fourth-order valence-corrected chi connectivity index (χ4v) is 3.18. The Hall–Kier alpha value is -0.260. The van der Waals surface area contributed by atoms with Crippen molar-refractivity contribution in [3.8, 4) is 0 Å². The maximum atomic E-state index is 2.51. The highest BCUT2D eigenvalue weighted by atomic mass is 14.3. The zero-order valence-electron chi connectivity index (χ0n) is 11.9. The van der Waals surface area contributed by atoms with Crippen molar-refractivity contribution >= 4 is 0 Å². The molecule has 3 unspecified atom stereocenters. The van der Waals surface area contributed by atoms with Crippen LogP contribution in [0.2, 0.25) is 0 Å². The molecule has 0 saturated carbocycles. The van der Waals surface area contributed by atoms with Gasteiger partial charge in [0.25, 0.3) is 0 Å². The van der Waals surface area contributed by atoms with Gasteiger partial charge >= 0.3 is 0 Å². The van der Waals surface area contributed by atoms with Crippen LogP contribution in [0, 0.1) is 23.7 Å². The van der Waals surface area contributed by atoms with E-state index in [2.05, 4.69) is 40.7 Å². The highest BCUT2D eigenvalue weighted by Gasteiger charge is 2.24. The van der Waals surface area contributed by atoms with Crippen LogP contribution in [-0.4, -0.2) is 0 Å². The molecule has 94 valence electrons. The summed E-state index contributed by atoms with van der Waals surface area (Å²) in [7, 11) is 0. The summed E-state index contributed by atoms with van der Waals surface area (Å²) in [6.45, 7) is 11.8. The van der Waals surface area contributed by atoms with E-state index < -0.39 is 0 Å². The second-order valence-corrected chi connectivity index (χ2v) is 6.38. The van der Waals surface area contributed by atoms with Crippen LogP contribution >= 0.6 is 0 Å². The van der Waals surface area contributed by atoms with Gasteiger partial charge in [-0.3, -0.25) is 0 Å². The van der Waals surface area contributed by atoms with Crippen molar-refractivity contribution in [2.24, 2.45) is 23.7 Å².